The van der Waals surface area contributed by atoms with Crippen LogP contribution in [0.15, 0.2) is 65.3 Å². The molecule has 0 saturated carbocycles. The molecule has 2 aromatic heterocycles. The number of halogens is 3. The molecular weight excluding hydrogens is 373 g/mol. The molecule has 0 radical (unpaired) electrons. The summed E-state index contributed by atoms with van der Waals surface area (Å²) in [5.74, 6) is -2.01. The maximum absolute atomic E-state index is 12.6. The highest BCUT2D eigenvalue weighted by Gasteiger charge is 2.38. The third-order valence-corrected chi connectivity index (χ3v) is 3.95. The summed E-state index contributed by atoms with van der Waals surface area (Å²) in [6, 6.07) is 14.9. The normalized spacial score (nSPS) is 11.5. The van der Waals surface area contributed by atoms with Gasteiger partial charge in [0.1, 0.15) is 0 Å². The Morgan fingerprint density at radius 2 is 1.75 bits per heavy atom. The van der Waals surface area contributed by atoms with Crippen LogP contribution in [-0.2, 0) is 6.18 Å². The molecule has 0 atom stereocenters. The van der Waals surface area contributed by atoms with Crippen LogP contribution >= 0.6 is 0 Å². The predicted molar refractivity (Wildman–Crippen MR) is 94.4 cm³/mol. The van der Waals surface area contributed by atoms with E-state index in [0.29, 0.717) is 22.3 Å². The number of benzene rings is 2. The maximum atomic E-state index is 12.6. The molecule has 0 bridgehead atoms. The number of rotatable bonds is 3. The fourth-order valence-electron chi connectivity index (χ4n) is 2.63. The number of pyridine rings is 1. The van der Waals surface area contributed by atoms with E-state index in [-0.39, 0.29) is 11.7 Å². The minimum atomic E-state index is -4.71. The second kappa shape index (κ2) is 6.76. The highest BCUT2D eigenvalue weighted by atomic mass is 19.4. The lowest BCUT2D eigenvalue weighted by Crippen LogP contribution is -2.12. The minimum absolute atomic E-state index is 0.211. The summed E-state index contributed by atoms with van der Waals surface area (Å²) < 4.78 is 41.9. The van der Waals surface area contributed by atoms with Gasteiger partial charge >= 0.3 is 12.1 Å². The van der Waals surface area contributed by atoms with E-state index in [0.717, 1.165) is 5.39 Å². The smallest absolute Gasteiger partial charge is 0.329 e. The lowest BCUT2D eigenvalue weighted by molar-refractivity contribution is -0.159. The first-order valence-corrected chi connectivity index (χ1v) is 8.08. The Kier molecular flexibility index (Phi) is 4.26. The van der Waals surface area contributed by atoms with Crippen molar-refractivity contribution in [3.63, 3.8) is 0 Å². The third-order valence-electron chi connectivity index (χ3n) is 3.95. The van der Waals surface area contributed by atoms with Crippen molar-refractivity contribution in [3.05, 3.63) is 72.2 Å². The summed E-state index contributed by atoms with van der Waals surface area (Å²) in [5, 5.41) is 6.98. The molecule has 0 aliphatic heterocycles. The number of hydrogen-bond acceptors (Lipinski definition) is 5. The summed E-state index contributed by atoms with van der Waals surface area (Å²) in [7, 11) is 0. The largest absolute Gasteiger partial charge is 0.471 e. The van der Waals surface area contributed by atoms with Crippen LogP contribution in [0.3, 0.4) is 0 Å². The number of carbonyl (C=O) groups is 1. The molecule has 2 heterocycles. The van der Waals surface area contributed by atoms with E-state index in [1.165, 1.54) is 24.3 Å². The van der Waals surface area contributed by atoms with Crippen LogP contribution < -0.4 is 5.32 Å². The van der Waals surface area contributed by atoms with Crippen molar-refractivity contribution in [1.29, 1.82) is 0 Å². The van der Waals surface area contributed by atoms with E-state index >= 15 is 0 Å². The van der Waals surface area contributed by atoms with Gasteiger partial charge in [0.25, 0.3) is 5.91 Å². The van der Waals surface area contributed by atoms with Crippen LogP contribution in [0.5, 0.6) is 0 Å². The molecule has 6 nitrogen and oxygen atoms in total. The van der Waals surface area contributed by atoms with E-state index in [1.807, 2.05) is 12.1 Å². The molecule has 0 saturated heterocycles. The average Bonchev–Trinajstić information content (AvgIpc) is 3.19. The van der Waals surface area contributed by atoms with Gasteiger partial charge in [0.15, 0.2) is 0 Å². The monoisotopic (exact) mass is 384 g/mol. The van der Waals surface area contributed by atoms with Crippen LogP contribution in [0.1, 0.15) is 16.2 Å². The van der Waals surface area contributed by atoms with Crippen molar-refractivity contribution < 1.29 is 22.5 Å². The fourth-order valence-corrected chi connectivity index (χ4v) is 2.63. The fraction of sp³-hybridized carbons (Fsp3) is 0.0526. The van der Waals surface area contributed by atoms with Crippen molar-refractivity contribution in [3.8, 4) is 11.4 Å². The zero-order valence-corrected chi connectivity index (χ0v) is 14.1. The maximum Gasteiger partial charge on any atom is 0.471 e. The van der Waals surface area contributed by atoms with E-state index in [1.54, 1.807) is 24.4 Å². The number of alkyl halides is 3. The van der Waals surface area contributed by atoms with Crippen molar-refractivity contribution in [1.82, 2.24) is 15.1 Å². The second-order valence-electron chi connectivity index (χ2n) is 5.83. The second-order valence-corrected chi connectivity index (χ2v) is 5.83. The van der Waals surface area contributed by atoms with Crippen molar-refractivity contribution >= 4 is 22.5 Å². The van der Waals surface area contributed by atoms with Gasteiger partial charge in [-0.3, -0.25) is 9.78 Å². The predicted octanol–water partition coefficient (Wildman–Crippen LogP) is 4.56. The number of hydrogen-bond donors (Lipinski definition) is 1. The molecule has 0 aliphatic rings. The van der Waals surface area contributed by atoms with Crippen molar-refractivity contribution in [2.75, 3.05) is 5.32 Å². The van der Waals surface area contributed by atoms with E-state index in [9.17, 15) is 18.0 Å². The highest BCUT2D eigenvalue weighted by Crippen LogP contribution is 2.29. The molecule has 0 spiro atoms. The van der Waals surface area contributed by atoms with Gasteiger partial charge in [-0.25, -0.2) is 0 Å². The molecule has 0 fully saturated rings. The van der Waals surface area contributed by atoms with Gasteiger partial charge in [0.05, 0.1) is 11.2 Å². The summed E-state index contributed by atoms with van der Waals surface area (Å²) in [4.78, 5) is 20.1. The zero-order chi connectivity index (χ0) is 19.7. The molecule has 2 aromatic carbocycles. The van der Waals surface area contributed by atoms with Crippen LogP contribution in [-0.4, -0.2) is 21.0 Å². The summed E-state index contributed by atoms with van der Waals surface area (Å²) >= 11 is 0. The van der Waals surface area contributed by atoms with Crippen LogP contribution in [0.4, 0.5) is 18.9 Å². The van der Waals surface area contributed by atoms with Crippen molar-refractivity contribution in [2.24, 2.45) is 0 Å². The number of para-hydroxylation sites is 1. The van der Waals surface area contributed by atoms with Gasteiger partial charge in [0, 0.05) is 22.7 Å². The lowest BCUT2D eigenvalue weighted by Gasteiger charge is -2.08. The Morgan fingerprint density at radius 3 is 2.46 bits per heavy atom. The van der Waals surface area contributed by atoms with Gasteiger partial charge in [-0.15, -0.1) is 0 Å². The first kappa shape index (κ1) is 17.7. The van der Waals surface area contributed by atoms with Crippen molar-refractivity contribution in [2.45, 2.75) is 6.18 Å². The molecule has 9 heteroatoms. The summed E-state index contributed by atoms with van der Waals surface area (Å²) in [6.07, 6.45) is -3.08. The first-order chi connectivity index (χ1) is 13.4. The standard InChI is InChI=1S/C19H11F3N4O2/c20-19(21,22)18-25-16(26-28-18)12-6-8-13(9-7-12)17(27)24-14-5-1-3-11-4-2-10-23-15(11)14/h1-10H,(H,24,27). The first-order valence-electron chi connectivity index (χ1n) is 8.08. The number of anilines is 1. The van der Waals surface area contributed by atoms with Gasteiger partial charge in [0.2, 0.25) is 5.82 Å². The lowest BCUT2D eigenvalue weighted by atomic mass is 10.1. The zero-order valence-electron chi connectivity index (χ0n) is 14.1. The molecule has 0 unspecified atom stereocenters. The number of fused-ring (bicyclic) bond motifs is 1. The van der Waals surface area contributed by atoms with Gasteiger partial charge < -0.3 is 9.84 Å². The van der Waals surface area contributed by atoms with Gasteiger partial charge in [-0.2, -0.15) is 18.2 Å². The number of amides is 1. The Bertz CT molecular complexity index is 1150. The molecule has 4 rings (SSSR count). The molecule has 28 heavy (non-hydrogen) atoms. The van der Waals surface area contributed by atoms with Crippen LogP contribution in [0, 0.1) is 0 Å². The molecular formula is C19H11F3N4O2. The number of nitrogens with one attached hydrogen (secondary N) is 1. The Labute approximate surface area is 156 Å². The topological polar surface area (TPSA) is 80.9 Å². The summed E-state index contributed by atoms with van der Waals surface area (Å²) in [5.41, 5.74) is 1.82. The van der Waals surface area contributed by atoms with Gasteiger partial charge in [-0.1, -0.05) is 35.5 Å². The number of aromatic nitrogens is 3. The average molecular weight is 384 g/mol. The van der Waals surface area contributed by atoms with E-state index in [4.69, 9.17) is 0 Å². The Balaban J connectivity index is 1.55. The quantitative estimate of drug-likeness (QED) is 0.560. The minimum Gasteiger partial charge on any atom is -0.329 e. The van der Waals surface area contributed by atoms with Crippen LogP contribution in [0.2, 0.25) is 0 Å². The molecule has 1 N–H and O–H groups in total. The van der Waals surface area contributed by atoms with E-state index in [2.05, 4.69) is 25.0 Å². The Hall–Kier alpha value is -3.75. The highest BCUT2D eigenvalue weighted by molar-refractivity contribution is 6.08. The van der Waals surface area contributed by atoms with E-state index < -0.39 is 12.1 Å². The summed E-state index contributed by atoms with van der Waals surface area (Å²) in [6.45, 7) is 0. The molecule has 1 amide bonds. The Morgan fingerprint density at radius 1 is 1.00 bits per heavy atom. The van der Waals surface area contributed by atoms with Gasteiger partial charge in [-0.05, 0) is 24.3 Å². The molecule has 4 aromatic rings. The molecule has 0 aliphatic carbocycles. The molecule has 140 valence electrons. The number of nitrogens with zero attached hydrogens (tertiary/aromatic N) is 3. The van der Waals surface area contributed by atoms with Crippen LogP contribution in [0.25, 0.3) is 22.3 Å². The SMILES string of the molecule is O=C(Nc1cccc2cccnc12)c1ccc(-c2noc(C(F)(F)F)n2)cc1. The number of carbonyl (C=O) groups excluding carboxylic acids is 1. The third kappa shape index (κ3) is 3.41.